The predicted molar refractivity (Wildman–Crippen MR) is 126 cm³/mol. The molecule has 0 unspecified atom stereocenters. The van der Waals surface area contributed by atoms with Gasteiger partial charge in [0, 0.05) is 5.02 Å². The van der Waals surface area contributed by atoms with Gasteiger partial charge in [0.25, 0.3) is 5.91 Å². The van der Waals surface area contributed by atoms with Crippen LogP contribution in [0.4, 0.5) is 4.79 Å². The number of carbonyl (C=O) groups excluding carboxylic acids is 3. The molecule has 3 rings (SSSR count). The molecule has 0 aromatic heterocycles. The van der Waals surface area contributed by atoms with E-state index in [1.54, 1.807) is 24.3 Å². The average molecular weight is 571 g/mol. The summed E-state index contributed by atoms with van der Waals surface area (Å²) in [6.07, 6.45) is 1.52. The second kappa shape index (κ2) is 10.7. The number of nitrogens with zero attached hydrogens (tertiary/aromatic N) is 1. The maximum atomic E-state index is 12.5. The molecule has 0 bridgehead atoms. The maximum Gasteiger partial charge on any atom is 0.329 e. The molecule has 2 aromatic carbocycles. The normalized spacial score (nSPS) is 14.5. The molecule has 8 nitrogen and oxygen atoms in total. The van der Waals surface area contributed by atoms with Gasteiger partial charge in [-0.25, -0.2) is 9.69 Å². The van der Waals surface area contributed by atoms with Crippen molar-refractivity contribution in [3.8, 4) is 11.5 Å². The number of imide groups is 1. The van der Waals surface area contributed by atoms with Crippen LogP contribution in [0.3, 0.4) is 0 Å². The molecule has 0 radical (unpaired) electrons. The quantitative estimate of drug-likeness (QED) is 0.223. The molecule has 1 fully saturated rings. The van der Waals surface area contributed by atoms with E-state index in [9.17, 15) is 14.4 Å². The number of rotatable bonds is 8. The number of hydrogen-bond acceptors (Lipinski definition) is 6. The molecule has 168 valence electrons. The monoisotopic (exact) mass is 570 g/mol. The average Bonchev–Trinajstić information content (AvgIpc) is 3.01. The number of esters is 1. The maximum absolute atomic E-state index is 12.5. The topological polar surface area (TPSA) is 94.2 Å². The summed E-state index contributed by atoms with van der Waals surface area (Å²) in [5.41, 5.74) is 1.62. The molecule has 10 heteroatoms. The van der Waals surface area contributed by atoms with E-state index in [0.29, 0.717) is 35.3 Å². The molecule has 2 aromatic rings. The number of hydrogen-bond donors (Lipinski definition) is 1. The largest absolute Gasteiger partial charge is 0.490 e. The number of amides is 3. The Bertz CT molecular complexity index is 1070. The summed E-state index contributed by atoms with van der Waals surface area (Å²) in [7, 11) is 1.19. The number of urea groups is 1. The van der Waals surface area contributed by atoms with E-state index in [0.717, 1.165) is 14.0 Å². The van der Waals surface area contributed by atoms with Crippen LogP contribution in [0.25, 0.3) is 6.08 Å². The first-order chi connectivity index (χ1) is 15.3. The Morgan fingerprint density at radius 2 is 1.91 bits per heavy atom. The zero-order chi connectivity index (χ0) is 23.3. The van der Waals surface area contributed by atoms with Crippen LogP contribution in [-0.2, 0) is 20.9 Å². The number of benzene rings is 2. The van der Waals surface area contributed by atoms with Gasteiger partial charge in [-0.05, 0) is 71.0 Å². The van der Waals surface area contributed by atoms with Crippen LogP contribution in [0.5, 0.6) is 11.5 Å². The van der Waals surface area contributed by atoms with E-state index >= 15 is 0 Å². The molecule has 1 N–H and O–H groups in total. The third kappa shape index (κ3) is 5.71. The molecule has 1 aliphatic heterocycles. The van der Waals surface area contributed by atoms with Gasteiger partial charge in [-0.3, -0.25) is 9.59 Å². The van der Waals surface area contributed by atoms with Gasteiger partial charge in [0.15, 0.2) is 11.5 Å². The van der Waals surface area contributed by atoms with Gasteiger partial charge in [0.1, 0.15) is 18.8 Å². The molecule has 1 aliphatic rings. The third-order valence-electron chi connectivity index (χ3n) is 4.42. The van der Waals surface area contributed by atoms with Crippen molar-refractivity contribution < 1.29 is 28.6 Å². The molecule has 0 spiro atoms. The fraction of sp³-hybridized carbons (Fsp3) is 0.227. The summed E-state index contributed by atoms with van der Waals surface area (Å²) in [4.78, 5) is 36.8. The number of carbonyl (C=O) groups is 3. The Kier molecular flexibility index (Phi) is 7.97. The van der Waals surface area contributed by atoms with Crippen molar-refractivity contribution in [2.45, 2.75) is 13.5 Å². The van der Waals surface area contributed by atoms with Crippen LogP contribution in [-0.4, -0.2) is 43.1 Å². The lowest BCUT2D eigenvalue weighted by atomic mass is 10.1. The molecule has 1 heterocycles. The highest BCUT2D eigenvalue weighted by atomic mass is 127. The molecule has 32 heavy (non-hydrogen) atoms. The van der Waals surface area contributed by atoms with Gasteiger partial charge in [-0.2, -0.15) is 0 Å². The molecular formula is C22H20ClIN2O6. The van der Waals surface area contributed by atoms with Crippen LogP contribution in [0.2, 0.25) is 5.02 Å². The molecule has 1 saturated heterocycles. The molecule has 3 amide bonds. The zero-order valence-electron chi connectivity index (χ0n) is 17.3. The minimum absolute atomic E-state index is 0.0481. The first kappa shape index (κ1) is 23.9. The Hall–Kier alpha value is -2.79. The summed E-state index contributed by atoms with van der Waals surface area (Å²) in [6, 6.07) is 10.2. The number of halogens is 2. The Labute approximate surface area is 203 Å². The van der Waals surface area contributed by atoms with Crippen molar-refractivity contribution in [1.29, 1.82) is 0 Å². The summed E-state index contributed by atoms with van der Waals surface area (Å²) in [5, 5.41) is 3.12. The van der Waals surface area contributed by atoms with Crippen molar-refractivity contribution in [2.75, 3.05) is 20.3 Å². The van der Waals surface area contributed by atoms with Crippen molar-refractivity contribution in [3.05, 3.63) is 61.8 Å². The Balaban J connectivity index is 1.83. The van der Waals surface area contributed by atoms with Crippen LogP contribution in [0, 0.1) is 3.57 Å². The predicted octanol–water partition coefficient (Wildman–Crippen LogP) is 3.99. The van der Waals surface area contributed by atoms with Crippen molar-refractivity contribution in [2.24, 2.45) is 0 Å². The van der Waals surface area contributed by atoms with Crippen LogP contribution in [0.15, 0.2) is 42.1 Å². The van der Waals surface area contributed by atoms with Crippen LogP contribution in [0.1, 0.15) is 18.1 Å². The summed E-state index contributed by atoms with van der Waals surface area (Å²) in [6.45, 7) is 2.13. The lowest BCUT2D eigenvalue weighted by Gasteiger charge is -2.15. The Morgan fingerprint density at radius 1 is 1.19 bits per heavy atom. The van der Waals surface area contributed by atoms with Gasteiger partial charge in [-0.15, -0.1) is 0 Å². The molecule has 0 atom stereocenters. The first-order valence-corrected chi connectivity index (χ1v) is 11.0. The lowest BCUT2D eigenvalue weighted by Crippen LogP contribution is -2.36. The molecule has 0 aliphatic carbocycles. The highest BCUT2D eigenvalue weighted by Gasteiger charge is 2.35. The van der Waals surface area contributed by atoms with Crippen LogP contribution < -0.4 is 14.8 Å². The minimum atomic E-state index is -0.690. The van der Waals surface area contributed by atoms with Gasteiger partial charge < -0.3 is 19.5 Å². The van der Waals surface area contributed by atoms with Crippen molar-refractivity contribution in [1.82, 2.24) is 10.2 Å². The minimum Gasteiger partial charge on any atom is -0.490 e. The second-order valence-corrected chi connectivity index (χ2v) is 8.23. The van der Waals surface area contributed by atoms with Crippen LogP contribution >= 0.6 is 34.2 Å². The fourth-order valence-electron chi connectivity index (χ4n) is 2.89. The smallest absolute Gasteiger partial charge is 0.329 e. The van der Waals surface area contributed by atoms with E-state index in [-0.39, 0.29) is 5.70 Å². The second-order valence-electron chi connectivity index (χ2n) is 6.63. The van der Waals surface area contributed by atoms with Gasteiger partial charge >= 0.3 is 12.0 Å². The van der Waals surface area contributed by atoms with Crippen molar-refractivity contribution >= 4 is 58.2 Å². The highest BCUT2D eigenvalue weighted by Crippen LogP contribution is 2.35. The zero-order valence-corrected chi connectivity index (χ0v) is 20.2. The van der Waals surface area contributed by atoms with Gasteiger partial charge in [0.05, 0.1) is 17.3 Å². The number of nitrogens with one attached hydrogen (secondary N) is 1. The molecular weight excluding hydrogens is 551 g/mol. The SMILES string of the molecule is CCOc1cc(/C=C2/NC(=O)N(CC(=O)OC)C2=O)cc(I)c1OCc1ccc(Cl)cc1. The Morgan fingerprint density at radius 3 is 2.56 bits per heavy atom. The molecule has 0 saturated carbocycles. The van der Waals surface area contributed by atoms with E-state index in [1.165, 1.54) is 13.2 Å². The summed E-state index contributed by atoms with van der Waals surface area (Å²) in [5.74, 6) is -0.233. The fourth-order valence-corrected chi connectivity index (χ4v) is 3.79. The van der Waals surface area contributed by atoms with Gasteiger partial charge in [-0.1, -0.05) is 23.7 Å². The lowest BCUT2D eigenvalue weighted by molar-refractivity contribution is -0.143. The first-order valence-electron chi connectivity index (χ1n) is 9.57. The summed E-state index contributed by atoms with van der Waals surface area (Å²) >= 11 is 8.05. The van der Waals surface area contributed by atoms with E-state index in [4.69, 9.17) is 21.1 Å². The van der Waals surface area contributed by atoms with Crippen molar-refractivity contribution in [3.63, 3.8) is 0 Å². The number of ether oxygens (including phenoxy) is 3. The van der Waals surface area contributed by atoms with Gasteiger partial charge in [0.2, 0.25) is 0 Å². The van der Waals surface area contributed by atoms with E-state index in [1.807, 2.05) is 19.1 Å². The van der Waals surface area contributed by atoms with E-state index in [2.05, 4.69) is 32.6 Å². The third-order valence-corrected chi connectivity index (χ3v) is 5.47. The number of methoxy groups -OCH3 is 1. The highest BCUT2D eigenvalue weighted by molar-refractivity contribution is 14.1. The summed E-state index contributed by atoms with van der Waals surface area (Å²) < 4.78 is 17.0. The standard InChI is InChI=1S/C22H20ClIN2O6/c1-3-31-18-10-14(9-17-21(28)26(22(29)25-17)11-19(27)30-2)8-16(24)20(18)32-12-13-4-6-15(23)7-5-13/h4-10H,3,11-12H2,1-2H3,(H,25,29)/b17-9+. The van der Waals surface area contributed by atoms with E-state index < -0.39 is 24.5 Å².